The summed E-state index contributed by atoms with van der Waals surface area (Å²) in [6.07, 6.45) is 7.34. The van der Waals surface area contributed by atoms with E-state index in [2.05, 4.69) is 10.3 Å². The lowest BCUT2D eigenvalue weighted by Crippen LogP contribution is -2.36. The molecule has 2 aromatic rings. The van der Waals surface area contributed by atoms with Crippen LogP contribution in [0.15, 0.2) is 30.6 Å². The maximum atomic E-state index is 12.1. The molecule has 1 saturated carbocycles. The quantitative estimate of drug-likeness (QED) is 0.893. The van der Waals surface area contributed by atoms with Gasteiger partial charge in [-0.15, -0.1) is 0 Å². The minimum atomic E-state index is -0.287. The highest BCUT2D eigenvalue weighted by atomic mass is 16.3. The number of nitrogens with one attached hydrogen (secondary N) is 1. The van der Waals surface area contributed by atoms with E-state index in [4.69, 9.17) is 0 Å². The minimum Gasteiger partial charge on any atom is -0.393 e. The molecular weight excluding hydrogens is 254 g/mol. The van der Waals surface area contributed by atoms with E-state index in [-0.39, 0.29) is 17.9 Å². The molecule has 0 aromatic carbocycles. The van der Waals surface area contributed by atoms with Crippen LogP contribution in [0.3, 0.4) is 0 Å². The summed E-state index contributed by atoms with van der Waals surface area (Å²) in [5.41, 5.74) is 1.18. The molecule has 2 N–H and O–H groups in total. The number of nitrogens with zero attached hydrogens (tertiary/aromatic N) is 2. The first kappa shape index (κ1) is 13.1. The van der Waals surface area contributed by atoms with Crippen LogP contribution in [0.5, 0.6) is 0 Å². The number of amides is 1. The van der Waals surface area contributed by atoms with Gasteiger partial charge in [-0.05, 0) is 25.0 Å². The lowest BCUT2D eigenvalue weighted by atomic mass is 9.86. The molecule has 5 nitrogen and oxygen atoms in total. The second-order valence-corrected chi connectivity index (χ2v) is 5.41. The Morgan fingerprint density at radius 1 is 1.40 bits per heavy atom. The van der Waals surface area contributed by atoms with Gasteiger partial charge in [0.2, 0.25) is 0 Å². The number of carbonyl (C=O) groups is 1. The molecule has 20 heavy (non-hydrogen) atoms. The van der Waals surface area contributed by atoms with Gasteiger partial charge in [-0.25, -0.2) is 4.98 Å². The predicted molar refractivity (Wildman–Crippen MR) is 75.5 cm³/mol. The van der Waals surface area contributed by atoms with Crippen molar-refractivity contribution in [3.05, 3.63) is 36.3 Å². The van der Waals surface area contributed by atoms with E-state index in [0.717, 1.165) is 31.3 Å². The fourth-order valence-corrected chi connectivity index (χ4v) is 2.78. The summed E-state index contributed by atoms with van der Waals surface area (Å²) >= 11 is 0. The molecule has 0 spiro atoms. The zero-order valence-electron chi connectivity index (χ0n) is 11.3. The van der Waals surface area contributed by atoms with Gasteiger partial charge in [-0.3, -0.25) is 4.79 Å². The molecule has 2 heterocycles. The summed E-state index contributed by atoms with van der Waals surface area (Å²) in [6.45, 7) is 0.522. The van der Waals surface area contributed by atoms with Gasteiger partial charge in [0.05, 0.1) is 6.10 Å². The van der Waals surface area contributed by atoms with Crippen LogP contribution in [-0.4, -0.2) is 33.0 Å². The second kappa shape index (κ2) is 5.63. The maximum absolute atomic E-state index is 12.1. The number of carbonyl (C=O) groups excluding carboxylic acids is 1. The number of imidazole rings is 1. The summed E-state index contributed by atoms with van der Waals surface area (Å²) in [7, 11) is 0. The van der Waals surface area contributed by atoms with Gasteiger partial charge in [0.15, 0.2) is 0 Å². The zero-order valence-corrected chi connectivity index (χ0v) is 11.3. The molecule has 5 heteroatoms. The van der Waals surface area contributed by atoms with E-state index in [9.17, 15) is 9.90 Å². The standard InChI is InChI=1S/C15H19N3O2/c19-13-6-2-1-5-11(13)9-16-15(20)12-10-18-8-4-3-7-14(18)17-12/h3-4,7-8,10-11,13,19H,1-2,5-6,9H2,(H,16,20). The van der Waals surface area contributed by atoms with E-state index in [1.807, 2.05) is 28.8 Å². The van der Waals surface area contributed by atoms with Crippen molar-refractivity contribution < 1.29 is 9.90 Å². The number of fused-ring (bicyclic) bond motifs is 1. The third-order valence-corrected chi connectivity index (χ3v) is 3.99. The topological polar surface area (TPSA) is 66.6 Å². The molecule has 1 aliphatic carbocycles. The van der Waals surface area contributed by atoms with Gasteiger partial charge in [0.1, 0.15) is 11.3 Å². The molecule has 2 aromatic heterocycles. The fraction of sp³-hybridized carbons (Fsp3) is 0.467. The zero-order chi connectivity index (χ0) is 13.9. The normalized spacial score (nSPS) is 22.9. The van der Waals surface area contributed by atoms with Crippen LogP contribution in [0.4, 0.5) is 0 Å². The lowest BCUT2D eigenvalue weighted by molar-refractivity contribution is 0.0662. The van der Waals surface area contributed by atoms with Crippen molar-refractivity contribution in [2.45, 2.75) is 31.8 Å². The van der Waals surface area contributed by atoms with Crippen molar-refractivity contribution in [3.63, 3.8) is 0 Å². The molecule has 0 radical (unpaired) electrons. The molecule has 3 rings (SSSR count). The molecule has 2 atom stereocenters. The largest absolute Gasteiger partial charge is 0.393 e. The Morgan fingerprint density at radius 3 is 3.05 bits per heavy atom. The molecule has 0 aliphatic heterocycles. The number of pyridine rings is 1. The van der Waals surface area contributed by atoms with Crippen molar-refractivity contribution in [2.75, 3.05) is 6.54 Å². The highest BCUT2D eigenvalue weighted by Gasteiger charge is 2.23. The van der Waals surface area contributed by atoms with Crippen LogP contribution < -0.4 is 5.32 Å². The van der Waals surface area contributed by atoms with Crippen LogP contribution in [0.25, 0.3) is 5.65 Å². The van der Waals surface area contributed by atoms with Gasteiger partial charge >= 0.3 is 0 Å². The Kier molecular flexibility index (Phi) is 3.69. The third kappa shape index (κ3) is 2.67. The summed E-state index contributed by atoms with van der Waals surface area (Å²) in [5.74, 6) is -0.00351. The molecular formula is C15H19N3O2. The number of rotatable bonds is 3. The molecule has 1 aliphatic rings. The monoisotopic (exact) mass is 273 g/mol. The molecule has 106 valence electrons. The van der Waals surface area contributed by atoms with E-state index in [1.165, 1.54) is 0 Å². The molecule has 0 saturated heterocycles. The number of hydrogen-bond acceptors (Lipinski definition) is 3. The fourth-order valence-electron chi connectivity index (χ4n) is 2.78. The van der Waals surface area contributed by atoms with Crippen molar-refractivity contribution >= 4 is 11.6 Å². The number of aromatic nitrogens is 2. The van der Waals surface area contributed by atoms with E-state index < -0.39 is 0 Å². The lowest BCUT2D eigenvalue weighted by Gasteiger charge is -2.27. The van der Waals surface area contributed by atoms with Crippen LogP contribution >= 0.6 is 0 Å². The van der Waals surface area contributed by atoms with Crippen LogP contribution in [0.2, 0.25) is 0 Å². The molecule has 2 unspecified atom stereocenters. The Bertz CT molecular complexity index is 575. The predicted octanol–water partition coefficient (Wildman–Crippen LogP) is 1.62. The summed E-state index contributed by atoms with van der Waals surface area (Å²) in [5, 5.41) is 12.8. The number of aliphatic hydroxyl groups excluding tert-OH is 1. The van der Waals surface area contributed by atoms with Crippen molar-refractivity contribution in [3.8, 4) is 0 Å². The molecule has 0 bridgehead atoms. The van der Waals surface area contributed by atoms with Crippen LogP contribution in [-0.2, 0) is 0 Å². The Morgan fingerprint density at radius 2 is 2.25 bits per heavy atom. The Hall–Kier alpha value is -1.88. The number of hydrogen-bond donors (Lipinski definition) is 2. The van der Waals surface area contributed by atoms with Crippen molar-refractivity contribution in [1.82, 2.24) is 14.7 Å². The summed E-state index contributed by atoms with van der Waals surface area (Å²) < 4.78 is 1.82. The molecule has 1 fully saturated rings. The Balaban J connectivity index is 1.64. The third-order valence-electron chi connectivity index (χ3n) is 3.99. The first-order chi connectivity index (χ1) is 9.74. The maximum Gasteiger partial charge on any atom is 0.271 e. The SMILES string of the molecule is O=C(NCC1CCCCC1O)c1cn2ccccc2n1. The highest BCUT2D eigenvalue weighted by molar-refractivity contribution is 5.92. The van der Waals surface area contributed by atoms with Gasteiger partial charge in [-0.1, -0.05) is 18.9 Å². The van der Waals surface area contributed by atoms with Crippen LogP contribution in [0, 0.1) is 5.92 Å². The first-order valence-electron chi connectivity index (χ1n) is 7.14. The first-order valence-corrected chi connectivity index (χ1v) is 7.14. The minimum absolute atomic E-state index is 0.171. The van der Waals surface area contributed by atoms with E-state index >= 15 is 0 Å². The average molecular weight is 273 g/mol. The van der Waals surface area contributed by atoms with E-state index in [1.54, 1.807) is 6.20 Å². The van der Waals surface area contributed by atoms with Gasteiger partial charge in [-0.2, -0.15) is 0 Å². The Labute approximate surface area is 117 Å². The van der Waals surface area contributed by atoms with E-state index in [0.29, 0.717) is 12.2 Å². The average Bonchev–Trinajstić information content (AvgIpc) is 2.90. The summed E-state index contributed by atoms with van der Waals surface area (Å²) in [6, 6.07) is 5.65. The summed E-state index contributed by atoms with van der Waals surface area (Å²) in [4.78, 5) is 16.4. The van der Waals surface area contributed by atoms with Crippen LogP contribution in [0.1, 0.15) is 36.2 Å². The van der Waals surface area contributed by atoms with Gasteiger partial charge in [0, 0.05) is 24.9 Å². The van der Waals surface area contributed by atoms with Crippen molar-refractivity contribution in [1.29, 1.82) is 0 Å². The highest BCUT2D eigenvalue weighted by Crippen LogP contribution is 2.23. The van der Waals surface area contributed by atoms with Gasteiger partial charge in [0.25, 0.3) is 5.91 Å². The second-order valence-electron chi connectivity index (χ2n) is 5.41. The smallest absolute Gasteiger partial charge is 0.271 e. The number of aliphatic hydroxyl groups is 1. The molecule has 1 amide bonds. The van der Waals surface area contributed by atoms with Crippen molar-refractivity contribution in [2.24, 2.45) is 5.92 Å². The van der Waals surface area contributed by atoms with Gasteiger partial charge < -0.3 is 14.8 Å².